The summed E-state index contributed by atoms with van der Waals surface area (Å²) < 4.78 is 6.58. The molecule has 0 radical (unpaired) electrons. The highest BCUT2D eigenvalue weighted by Crippen LogP contribution is 2.41. The summed E-state index contributed by atoms with van der Waals surface area (Å²) in [6, 6.07) is 16.2. The van der Waals surface area contributed by atoms with Crippen LogP contribution < -0.4 is 0 Å². The first-order valence-corrected chi connectivity index (χ1v) is 18.3. The molecule has 3 rings (SSSR count). The number of aryl methyl sites for hydroxylation is 3. The number of nitrogens with zero attached hydrogens (tertiary/aromatic N) is 1. The van der Waals surface area contributed by atoms with Gasteiger partial charge >= 0.3 is 0 Å². The molecule has 0 aliphatic carbocycles. The topological polar surface area (TPSA) is 22.1 Å². The molecule has 39 heavy (non-hydrogen) atoms. The van der Waals surface area contributed by atoms with Gasteiger partial charge in [-0.3, -0.25) is 4.98 Å². The van der Waals surface area contributed by atoms with Crippen LogP contribution in [0.2, 0.25) is 19.6 Å². The van der Waals surface area contributed by atoms with Crippen molar-refractivity contribution in [1.82, 2.24) is 4.98 Å². The summed E-state index contributed by atoms with van der Waals surface area (Å²) in [6.45, 7) is 22.4. The SMILES string of the molecule is CCc1cncc(-c2ccc(C(CC)(CC)c3ccc(C#CC(CC)(CC)O[Si](C)(C)C)c(C)c3)cc2C)c1. The molecule has 0 saturated heterocycles. The molecular formula is C36H49NOSi. The molecule has 0 amide bonds. The minimum Gasteiger partial charge on any atom is -0.402 e. The highest BCUT2D eigenvalue weighted by molar-refractivity contribution is 6.69. The maximum absolute atomic E-state index is 6.58. The maximum atomic E-state index is 6.58. The zero-order valence-corrected chi connectivity index (χ0v) is 27.1. The molecule has 0 unspecified atom stereocenters. The Morgan fingerprint density at radius 1 is 0.769 bits per heavy atom. The molecule has 0 atom stereocenters. The van der Waals surface area contributed by atoms with Crippen LogP contribution in [0.1, 0.15) is 93.7 Å². The fraction of sp³-hybridized carbons (Fsp3) is 0.472. The Morgan fingerprint density at radius 2 is 1.38 bits per heavy atom. The van der Waals surface area contributed by atoms with Crippen LogP contribution in [0.25, 0.3) is 11.1 Å². The van der Waals surface area contributed by atoms with E-state index in [-0.39, 0.29) is 11.0 Å². The molecule has 3 heteroatoms. The van der Waals surface area contributed by atoms with Crippen molar-refractivity contribution in [2.24, 2.45) is 0 Å². The highest BCUT2D eigenvalue weighted by atomic mass is 28.4. The Kier molecular flexibility index (Phi) is 10.0. The van der Waals surface area contributed by atoms with E-state index in [0.717, 1.165) is 37.7 Å². The molecule has 2 nitrogen and oxygen atoms in total. The van der Waals surface area contributed by atoms with Crippen LogP contribution in [0.4, 0.5) is 0 Å². The molecule has 1 heterocycles. The number of hydrogen-bond donors (Lipinski definition) is 0. The normalized spacial score (nSPS) is 12.3. The lowest BCUT2D eigenvalue weighted by atomic mass is 9.69. The van der Waals surface area contributed by atoms with E-state index in [1.54, 1.807) is 0 Å². The molecule has 0 N–H and O–H groups in total. The Bertz CT molecular complexity index is 1330. The Balaban J connectivity index is 2.01. The van der Waals surface area contributed by atoms with Crippen LogP contribution in [-0.2, 0) is 16.3 Å². The largest absolute Gasteiger partial charge is 0.402 e. The van der Waals surface area contributed by atoms with Gasteiger partial charge in [0.05, 0.1) is 0 Å². The van der Waals surface area contributed by atoms with Gasteiger partial charge in [-0.15, -0.1) is 0 Å². The van der Waals surface area contributed by atoms with E-state index in [2.05, 4.69) is 127 Å². The monoisotopic (exact) mass is 539 g/mol. The predicted molar refractivity (Wildman–Crippen MR) is 171 cm³/mol. The van der Waals surface area contributed by atoms with Gasteiger partial charge in [0.2, 0.25) is 0 Å². The Labute approximate surface area is 239 Å². The van der Waals surface area contributed by atoms with Crippen LogP contribution in [-0.4, -0.2) is 18.9 Å². The minimum absolute atomic E-state index is 0.0406. The van der Waals surface area contributed by atoms with E-state index < -0.39 is 8.32 Å². The van der Waals surface area contributed by atoms with E-state index in [1.807, 2.05) is 12.4 Å². The molecule has 0 aliphatic rings. The third-order valence-electron chi connectivity index (χ3n) is 8.35. The summed E-state index contributed by atoms with van der Waals surface area (Å²) in [6.07, 6.45) is 8.83. The highest BCUT2D eigenvalue weighted by Gasteiger charge is 2.33. The Morgan fingerprint density at radius 3 is 1.90 bits per heavy atom. The molecule has 0 aliphatic heterocycles. The standard InChI is InChI=1S/C36H49NOSi/c1-11-29-24-31(26-37-25-29)34-19-18-33(23-28(34)7)36(14-4,15-5)32-17-16-30(27(6)22-32)20-21-35(12-2,13-3)38-39(8,9)10/h16-19,22-26H,11-15H2,1-10H3. The number of pyridine rings is 1. The lowest BCUT2D eigenvalue weighted by molar-refractivity contribution is 0.113. The van der Waals surface area contributed by atoms with Crippen molar-refractivity contribution in [3.63, 3.8) is 0 Å². The fourth-order valence-electron chi connectivity index (χ4n) is 5.81. The number of rotatable bonds is 10. The van der Waals surface area contributed by atoms with Gasteiger partial charge in [0, 0.05) is 28.9 Å². The number of aromatic nitrogens is 1. The second kappa shape index (κ2) is 12.7. The molecular weight excluding hydrogens is 490 g/mol. The first-order valence-electron chi connectivity index (χ1n) is 14.9. The molecule has 3 aromatic rings. The molecule has 0 saturated carbocycles. The van der Waals surface area contributed by atoms with Crippen LogP contribution in [0.15, 0.2) is 54.9 Å². The van der Waals surface area contributed by atoms with Crippen molar-refractivity contribution < 1.29 is 4.43 Å². The molecule has 2 aromatic carbocycles. The summed E-state index contributed by atoms with van der Waals surface area (Å²) in [4.78, 5) is 4.48. The zero-order chi connectivity index (χ0) is 28.8. The smallest absolute Gasteiger partial charge is 0.185 e. The van der Waals surface area contributed by atoms with Crippen LogP contribution in [0.5, 0.6) is 0 Å². The van der Waals surface area contributed by atoms with E-state index >= 15 is 0 Å². The summed E-state index contributed by atoms with van der Waals surface area (Å²) in [5, 5.41) is 0. The molecule has 0 bridgehead atoms. The van der Waals surface area contributed by atoms with Crippen molar-refractivity contribution in [3.8, 4) is 23.0 Å². The van der Waals surface area contributed by atoms with E-state index in [4.69, 9.17) is 4.43 Å². The summed E-state index contributed by atoms with van der Waals surface area (Å²) in [5.41, 5.74) is 9.71. The van der Waals surface area contributed by atoms with Crippen molar-refractivity contribution in [1.29, 1.82) is 0 Å². The average molecular weight is 540 g/mol. The van der Waals surface area contributed by atoms with Gasteiger partial charge in [-0.05, 0) is 111 Å². The third-order valence-corrected chi connectivity index (χ3v) is 9.35. The van der Waals surface area contributed by atoms with Crippen molar-refractivity contribution >= 4 is 8.32 Å². The number of hydrogen-bond acceptors (Lipinski definition) is 2. The average Bonchev–Trinajstić information content (AvgIpc) is 2.92. The second-order valence-electron chi connectivity index (χ2n) is 11.9. The third kappa shape index (κ3) is 6.92. The first-order chi connectivity index (χ1) is 18.5. The maximum Gasteiger partial charge on any atom is 0.185 e. The second-order valence-corrected chi connectivity index (χ2v) is 16.4. The Hall–Kier alpha value is -2.67. The first kappa shape index (κ1) is 30.9. The van der Waals surface area contributed by atoms with Gasteiger partial charge in [-0.2, -0.15) is 0 Å². The predicted octanol–water partition coefficient (Wildman–Crippen LogP) is 9.80. The van der Waals surface area contributed by atoms with Crippen molar-refractivity contribution in [2.45, 2.75) is 111 Å². The summed E-state index contributed by atoms with van der Waals surface area (Å²) >= 11 is 0. The quantitative estimate of drug-likeness (QED) is 0.189. The zero-order valence-electron chi connectivity index (χ0n) is 26.1. The van der Waals surface area contributed by atoms with Gasteiger partial charge in [0.1, 0.15) is 5.60 Å². The van der Waals surface area contributed by atoms with Crippen LogP contribution in [0, 0.1) is 25.7 Å². The lowest BCUT2D eigenvalue weighted by Gasteiger charge is -2.34. The van der Waals surface area contributed by atoms with Gasteiger partial charge in [-0.1, -0.05) is 76.8 Å². The van der Waals surface area contributed by atoms with E-state index in [9.17, 15) is 0 Å². The molecule has 208 valence electrons. The minimum atomic E-state index is -1.71. The summed E-state index contributed by atoms with van der Waals surface area (Å²) in [5.74, 6) is 7.08. The summed E-state index contributed by atoms with van der Waals surface area (Å²) in [7, 11) is -1.71. The van der Waals surface area contributed by atoms with Gasteiger partial charge in [0.15, 0.2) is 8.32 Å². The van der Waals surface area contributed by atoms with E-state index in [0.29, 0.717) is 0 Å². The number of benzene rings is 2. The van der Waals surface area contributed by atoms with Gasteiger partial charge in [-0.25, -0.2) is 0 Å². The molecule has 1 aromatic heterocycles. The lowest BCUT2D eigenvalue weighted by Crippen LogP contribution is -2.41. The van der Waals surface area contributed by atoms with Crippen molar-refractivity contribution in [3.05, 3.63) is 88.2 Å². The molecule has 0 fully saturated rings. The van der Waals surface area contributed by atoms with Gasteiger partial charge in [0.25, 0.3) is 0 Å². The van der Waals surface area contributed by atoms with Crippen molar-refractivity contribution in [2.75, 3.05) is 0 Å². The van der Waals surface area contributed by atoms with E-state index in [1.165, 1.54) is 38.9 Å². The van der Waals surface area contributed by atoms with Crippen LogP contribution in [0.3, 0.4) is 0 Å². The fourth-order valence-corrected chi connectivity index (χ4v) is 7.32. The molecule has 0 spiro atoms. The van der Waals surface area contributed by atoms with Crippen LogP contribution >= 0.6 is 0 Å². The van der Waals surface area contributed by atoms with Gasteiger partial charge < -0.3 is 4.43 Å².